The van der Waals surface area contributed by atoms with Crippen LogP contribution >= 0.6 is 11.6 Å². The van der Waals surface area contributed by atoms with Crippen molar-refractivity contribution in [3.05, 3.63) is 47.7 Å². The van der Waals surface area contributed by atoms with E-state index >= 15 is 0 Å². The van der Waals surface area contributed by atoms with Crippen LogP contribution in [0.15, 0.2) is 47.1 Å². The van der Waals surface area contributed by atoms with Gasteiger partial charge >= 0.3 is 0 Å². The molecule has 0 N–H and O–H groups in total. The Bertz CT molecular complexity index is 615. The van der Waals surface area contributed by atoms with Crippen LogP contribution in [-0.2, 0) is 0 Å². The number of rotatable bonds is 1. The lowest BCUT2D eigenvalue weighted by molar-refractivity contribution is 0.619. The van der Waals surface area contributed by atoms with Gasteiger partial charge in [0.25, 0.3) is 0 Å². The maximum atomic E-state index is 5.91. The fourth-order valence-electron chi connectivity index (χ4n) is 1.52. The van der Waals surface area contributed by atoms with E-state index in [0.29, 0.717) is 10.9 Å². The maximum Gasteiger partial charge on any atom is 0.227 e. The monoisotopic (exact) mass is 230 g/mol. The summed E-state index contributed by atoms with van der Waals surface area (Å²) in [5, 5.41) is 0.665. The first-order valence-electron chi connectivity index (χ1n) is 4.79. The molecule has 2 heterocycles. The normalized spacial score (nSPS) is 10.8. The minimum Gasteiger partial charge on any atom is -0.436 e. The van der Waals surface area contributed by atoms with Gasteiger partial charge in [0.05, 0.1) is 6.20 Å². The molecule has 1 aromatic carbocycles. The Morgan fingerprint density at radius 2 is 2.12 bits per heavy atom. The molecule has 0 unspecified atom stereocenters. The Morgan fingerprint density at radius 3 is 2.94 bits per heavy atom. The zero-order valence-electron chi connectivity index (χ0n) is 8.22. The van der Waals surface area contributed by atoms with E-state index in [1.807, 2.05) is 24.3 Å². The van der Waals surface area contributed by atoms with Gasteiger partial charge in [-0.1, -0.05) is 17.7 Å². The van der Waals surface area contributed by atoms with Gasteiger partial charge in [-0.15, -0.1) is 0 Å². The van der Waals surface area contributed by atoms with Crippen molar-refractivity contribution in [2.45, 2.75) is 0 Å². The van der Waals surface area contributed by atoms with Crippen molar-refractivity contribution in [1.29, 1.82) is 0 Å². The van der Waals surface area contributed by atoms with Crippen LogP contribution in [0.5, 0.6) is 0 Å². The zero-order chi connectivity index (χ0) is 11.0. The van der Waals surface area contributed by atoms with Gasteiger partial charge in [0.1, 0.15) is 5.52 Å². The van der Waals surface area contributed by atoms with Crippen molar-refractivity contribution in [2.24, 2.45) is 0 Å². The second-order valence-corrected chi connectivity index (χ2v) is 3.81. The average Bonchev–Trinajstić information content (AvgIpc) is 2.72. The van der Waals surface area contributed by atoms with E-state index in [2.05, 4.69) is 9.97 Å². The first-order valence-corrected chi connectivity index (χ1v) is 5.17. The number of hydrogen-bond acceptors (Lipinski definition) is 3. The molecule has 2 aromatic heterocycles. The number of benzene rings is 1. The lowest BCUT2D eigenvalue weighted by atomic mass is 10.2. The minimum atomic E-state index is 0.561. The van der Waals surface area contributed by atoms with Crippen LogP contribution in [0.2, 0.25) is 5.02 Å². The Labute approximate surface area is 96.7 Å². The van der Waals surface area contributed by atoms with E-state index in [-0.39, 0.29) is 0 Å². The highest BCUT2D eigenvalue weighted by molar-refractivity contribution is 6.30. The quantitative estimate of drug-likeness (QED) is 0.642. The second kappa shape index (κ2) is 3.61. The molecule has 3 nitrogen and oxygen atoms in total. The number of fused-ring (bicyclic) bond motifs is 1. The number of halogens is 1. The molecule has 3 aromatic rings. The fourth-order valence-corrected chi connectivity index (χ4v) is 1.72. The third kappa shape index (κ3) is 1.55. The summed E-state index contributed by atoms with van der Waals surface area (Å²) in [6, 6.07) is 9.19. The van der Waals surface area contributed by atoms with E-state index in [0.717, 1.165) is 16.7 Å². The van der Waals surface area contributed by atoms with Crippen molar-refractivity contribution >= 4 is 22.7 Å². The van der Waals surface area contributed by atoms with Crippen LogP contribution in [-0.4, -0.2) is 9.97 Å². The molecule has 0 atom stereocenters. The van der Waals surface area contributed by atoms with Crippen LogP contribution in [0, 0.1) is 0 Å². The van der Waals surface area contributed by atoms with Gasteiger partial charge in [-0.2, -0.15) is 0 Å². The van der Waals surface area contributed by atoms with Gasteiger partial charge in [0.15, 0.2) is 5.58 Å². The van der Waals surface area contributed by atoms with Gasteiger partial charge in [-0.3, -0.25) is 4.98 Å². The largest absolute Gasteiger partial charge is 0.436 e. The Balaban J connectivity index is 2.19. The second-order valence-electron chi connectivity index (χ2n) is 3.37. The summed E-state index contributed by atoms with van der Waals surface area (Å²) in [4.78, 5) is 8.33. The third-order valence-corrected chi connectivity index (χ3v) is 2.50. The summed E-state index contributed by atoms with van der Waals surface area (Å²) < 4.78 is 5.60. The van der Waals surface area contributed by atoms with Crippen molar-refractivity contribution in [3.63, 3.8) is 0 Å². The van der Waals surface area contributed by atoms with Crippen molar-refractivity contribution in [1.82, 2.24) is 9.97 Å². The molecular formula is C12H7ClN2O. The standard InChI is InChI=1S/C12H7ClN2O/c13-9-3-1-2-8(6-9)12-15-10-7-14-5-4-11(10)16-12/h1-7H. The highest BCUT2D eigenvalue weighted by Crippen LogP contribution is 2.25. The maximum absolute atomic E-state index is 5.91. The zero-order valence-corrected chi connectivity index (χ0v) is 8.98. The summed E-state index contributed by atoms with van der Waals surface area (Å²) in [6.07, 6.45) is 3.35. The molecule has 0 saturated carbocycles. The van der Waals surface area contributed by atoms with Crippen LogP contribution in [0.25, 0.3) is 22.6 Å². The minimum absolute atomic E-state index is 0.561. The van der Waals surface area contributed by atoms with E-state index in [4.69, 9.17) is 16.0 Å². The summed E-state index contributed by atoms with van der Waals surface area (Å²) >= 11 is 5.91. The first kappa shape index (κ1) is 9.36. The Hall–Kier alpha value is -1.87. The summed E-state index contributed by atoms with van der Waals surface area (Å²) in [7, 11) is 0. The molecule has 0 saturated heterocycles. The van der Waals surface area contributed by atoms with Gasteiger partial charge < -0.3 is 4.42 Å². The number of nitrogens with zero attached hydrogens (tertiary/aromatic N) is 2. The Kier molecular flexibility index (Phi) is 2.11. The number of aromatic nitrogens is 2. The molecular weight excluding hydrogens is 224 g/mol. The van der Waals surface area contributed by atoms with Crippen LogP contribution in [0.3, 0.4) is 0 Å². The molecule has 16 heavy (non-hydrogen) atoms. The summed E-state index contributed by atoms with van der Waals surface area (Å²) in [5.74, 6) is 0.561. The summed E-state index contributed by atoms with van der Waals surface area (Å²) in [6.45, 7) is 0. The molecule has 3 rings (SSSR count). The van der Waals surface area contributed by atoms with Crippen molar-refractivity contribution in [2.75, 3.05) is 0 Å². The van der Waals surface area contributed by atoms with Crippen molar-refractivity contribution in [3.8, 4) is 11.5 Å². The highest BCUT2D eigenvalue weighted by atomic mass is 35.5. The highest BCUT2D eigenvalue weighted by Gasteiger charge is 2.07. The van der Waals surface area contributed by atoms with Crippen LogP contribution in [0.1, 0.15) is 0 Å². The lowest BCUT2D eigenvalue weighted by Gasteiger charge is -1.94. The number of pyridine rings is 1. The SMILES string of the molecule is Clc1cccc(-c2nc3cnccc3o2)c1. The average molecular weight is 231 g/mol. The molecule has 0 fully saturated rings. The molecule has 0 bridgehead atoms. The smallest absolute Gasteiger partial charge is 0.227 e. The van der Waals surface area contributed by atoms with Gasteiger partial charge in [0.2, 0.25) is 5.89 Å². The topological polar surface area (TPSA) is 38.9 Å². The molecule has 0 spiro atoms. The lowest BCUT2D eigenvalue weighted by Crippen LogP contribution is -1.76. The molecule has 0 amide bonds. The fraction of sp³-hybridized carbons (Fsp3) is 0. The first-order chi connectivity index (χ1) is 7.83. The van der Waals surface area contributed by atoms with Gasteiger partial charge in [0, 0.05) is 22.8 Å². The third-order valence-electron chi connectivity index (χ3n) is 2.26. The predicted molar refractivity (Wildman–Crippen MR) is 62.3 cm³/mol. The van der Waals surface area contributed by atoms with E-state index in [1.54, 1.807) is 18.5 Å². The molecule has 78 valence electrons. The number of hydrogen-bond donors (Lipinski definition) is 0. The van der Waals surface area contributed by atoms with Gasteiger partial charge in [-0.25, -0.2) is 4.98 Å². The summed E-state index contributed by atoms with van der Waals surface area (Å²) in [5.41, 5.74) is 2.34. The predicted octanol–water partition coefficient (Wildman–Crippen LogP) is 3.54. The van der Waals surface area contributed by atoms with Crippen LogP contribution in [0.4, 0.5) is 0 Å². The van der Waals surface area contributed by atoms with Gasteiger partial charge in [-0.05, 0) is 18.2 Å². The number of oxazole rings is 1. The molecule has 0 aliphatic heterocycles. The van der Waals surface area contributed by atoms with E-state index < -0.39 is 0 Å². The van der Waals surface area contributed by atoms with E-state index in [9.17, 15) is 0 Å². The van der Waals surface area contributed by atoms with E-state index in [1.165, 1.54) is 0 Å². The molecule has 0 aliphatic rings. The molecule has 4 heteroatoms. The Morgan fingerprint density at radius 1 is 1.19 bits per heavy atom. The van der Waals surface area contributed by atoms with Crippen LogP contribution < -0.4 is 0 Å². The van der Waals surface area contributed by atoms with Crippen molar-refractivity contribution < 1.29 is 4.42 Å². The molecule has 0 aliphatic carbocycles. The molecule has 0 radical (unpaired) electrons.